The molecular formula is C19H21N3O. The third-order valence-corrected chi connectivity index (χ3v) is 3.96. The fraction of sp³-hybridized carbons (Fsp3) is 0.263. The number of hydrogen-bond acceptors (Lipinski definition) is 2. The van der Waals surface area contributed by atoms with E-state index < -0.39 is 0 Å². The predicted molar refractivity (Wildman–Crippen MR) is 95.4 cm³/mol. The standard InChI is InChI=1S/C19H21N3O/c1-14-7-5-9-16(13-14)22(18-11-6-12-20-18)19(23)21-17-10-4-3-8-15(17)2/h3-5,7-10,13H,6,11-12H2,1-2H3,(H,21,23). The molecule has 2 amide bonds. The highest BCUT2D eigenvalue weighted by Gasteiger charge is 2.24. The van der Waals surface area contributed by atoms with Crippen molar-refractivity contribution in [3.05, 3.63) is 59.7 Å². The molecule has 4 nitrogen and oxygen atoms in total. The molecule has 0 fully saturated rings. The number of carbonyl (C=O) groups excluding carboxylic acids is 1. The van der Waals surface area contributed by atoms with Gasteiger partial charge in [-0.2, -0.15) is 0 Å². The average Bonchev–Trinajstić information content (AvgIpc) is 3.04. The zero-order chi connectivity index (χ0) is 16.2. The number of aliphatic imine (C=N–C) groups is 1. The fourth-order valence-electron chi connectivity index (χ4n) is 2.74. The van der Waals surface area contributed by atoms with Gasteiger partial charge in [-0.1, -0.05) is 30.3 Å². The molecule has 4 heteroatoms. The number of benzene rings is 2. The fourth-order valence-corrected chi connectivity index (χ4v) is 2.74. The molecule has 0 saturated heterocycles. The van der Waals surface area contributed by atoms with Crippen LogP contribution in [0.2, 0.25) is 0 Å². The predicted octanol–water partition coefficient (Wildman–Crippen LogP) is 4.53. The summed E-state index contributed by atoms with van der Waals surface area (Å²) in [6.07, 6.45) is 1.82. The van der Waals surface area contributed by atoms with Crippen LogP contribution in [0.25, 0.3) is 0 Å². The molecule has 2 aromatic rings. The third kappa shape index (κ3) is 3.42. The third-order valence-electron chi connectivity index (χ3n) is 3.96. The number of rotatable bonds is 2. The van der Waals surface area contributed by atoms with Crippen molar-refractivity contribution in [2.24, 2.45) is 4.99 Å². The molecule has 0 aliphatic carbocycles. The molecule has 0 saturated carbocycles. The Morgan fingerprint density at radius 2 is 1.96 bits per heavy atom. The second-order valence-electron chi connectivity index (χ2n) is 5.82. The molecule has 23 heavy (non-hydrogen) atoms. The summed E-state index contributed by atoms with van der Waals surface area (Å²) in [6, 6.07) is 15.6. The number of aryl methyl sites for hydroxylation is 2. The number of nitrogens with zero attached hydrogens (tertiary/aromatic N) is 2. The van der Waals surface area contributed by atoms with Gasteiger partial charge in [0.25, 0.3) is 0 Å². The van der Waals surface area contributed by atoms with Crippen molar-refractivity contribution in [3.8, 4) is 0 Å². The number of carbonyl (C=O) groups is 1. The molecule has 1 aliphatic heterocycles. The van der Waals surface area contributed by atoms with Crippen molar-refractivity contribution in [2.75, 3.05) is 16.8 Å². The van der Waals surface area contributed by atoms with Crippen molar-refractivity contribution in [1.29, 1.82) is 0 Å². The topological polar surface area (TPSA) is 44.7 Å². The van der Waals surface area contributed by atoms with Crippen LogP contribution in [0.4, 0.5) is 16.2 Å². The maximum atomic E-state index is 12.9. The zero-order valence-corrected chi connectivity index (χ0v) is 13.5. The summed E-state index contributed by atoms with van der Waals surface area (Å²) in [5, 5.41) is 3.01. The van der Waals surface area contributed by atoms with Gasteiger partial charge in [-0.15, -0.1) is 0 Å². The molecule has 0 atom stereocenters. The van der Waals surface area contributed by atoms with E-state index in [1.54, 1.807) is 4.90 Å². The largest absolute Gasteiger partial charge is 0.331 e. The number of nitrogens with one attached hydrogen (secondary N) is 1. The second-order valence-corrected chi connectivity index (χ2v) is 5.82. The summed E-state index contributed by atoms with van der Waals surface area (Å²) in [7, 11) is 0. The van der Waals surface area contributed by atoms with E-state index in [1.807, 2.05) is 62.4 Å². The van der Waals surface area contributed by atoms with Gasteiger partial charge >= 0.3 is 6.03 Å². The first-order chi connectivity index (χ1) is 11.1. The van der Waals surface area contributed by atoms with Crippen molar-refractivity contribution in [1.82, 2.24) is 0 Å². The Kier molecular flexibility index (Phi) is 4.42. The maximum absolute atomic E-state index is 12.9. The first kappa shape index (κ1) is 15.3. The molecule has 3 rings (SSSR count). The summed E-state index contributed by atoms with van der Waals surface area (Å²) >= 11 is 0. The van der Waals surface area contributed by atoms with Gasteiger partial charge in [0.15, 0.2) is 0 Å². The van der Waals surface area contributed by atoms with Crippen LogP contribution in [0.5, 0.6) is 0 Å². The Morgan fingerprint density at radius 1 is 1.13 bits per heavy atom. The summed E-state index contributed by atoms with van der Waals surface area (Å²) in [5.41, 5.74) is 3.85. The van der Waals surface area contributed by atoms with Gasteiger partial charge in [-0.3, -0.25) is 9.89 Å². The highest BCUT2D eigenvalue weighted by molar-refractivity contribution is 6.20. The van der Waals surface area contributed by atoms with E-state index in [1.165, 1.54) is 0 Å². The highest BCUT2D eigenvalue weighted by Crippen LogP contribution is 2.23. The van der Waals surface area contributed by atoms with Crippen molar-refractivity contribution in [3.63, 3.8) is 0 Å². The van der Waals surface area contributed by atoms with E-state index in [4.69, 9.17) is 0 Å². The second kappa shape index (κ2) is 6.65. The smallest absolute Gasteiger partial charge is 0.307 e. The number of urea groups is 1. The molecule has 0 aromatic heterocycles. The lowest BCUT2D eigenvalue weighted by Crippen LogP contribution is -2.39. The van der Waals surface area contributed by atoms with Gasteiger partial charge < -0.3 is 5.32 Å². The molecule has 0 bridgehead atoms. The average molecular weight is 307 g/mol. The Hall–Kier alpha value is -2.62. The van der Waals surface area contributed by atoms with E-state index in [2.05, 4.69) is 10.3 Å². The van der Waals surface area contributed by atoms with Crippen LogP contribution >= 0.6 is 0 Å². The SMILES string of the molecule is Cc1cccc(N(C(=O)Nc2ccccc2C)C2=NCCC2)c1. The van der Waals surface area contributed by atoms with Crippen molar-refractivity contribution in [2.45, 2.75) is 26.7 Å². The van der Waals surface area contributed by atoms with E-state index >= 15 is 0 Å². The van der Waals surface area contributed by atoms with E-state index in [0.717, 1.165) is 47.7 Å². The van der Waals surface area contributed by atoms with Crippen LogP contribution in [0.3, 0.4) is 0 Å². The van der Waals surface area contributed by atoms with Crippen LogP contribution in [0.1, 0.15) is 24.0 Å². The van der Waals surface area contributed by atoms with Crippen molar-refractivity contribution >= 4 is 23.2 Å². The summed E-state index contributed by atoms with van der Waals surface area (Å²) in [4.78, 5) is 19.1. The van der Waals surface area contributed by atoms with Crippen LogP contribution in [-0.2, 0) is 0 Å². The molecule has 0 unspecified atom stereocenters. The van der Waals surface area contributed by atoms with Gasteiger partial charge in [0.05, 0.1) is 5.69 Å². The zero-order valence-electron chi connectivity index (χ0n) is 13.5. The number of hydrogen-bond donors (Lipinski definition) is 1. The lowest BCUT2D eigenvalue weighted by molar-refractivity contribution is 0.259. The first-order valence-electron chi connectivity index (χ1n) is 7.92. The minimum atomic E-state index is -0.162. The highest BCUT2D eigenvalue weighted by atomic mass is 16.2. The summed E-state index contributed by atoms with van der Waals surface area (Å²) < 4.78 is 0. The molecule has 118 valence electrons. The lowest BCUT2D eigenvalue weighted by atomic mass is 10.2. The Morgan fingerprint density at radius 3 is 2.65 bits per heavy atom. The maximum Gasteiger partial charge on any atom is 0.331 e. The number of amidine groups is 1. The molecule has 2 aromatic carbocycles. The summed E-state index contributed by atoms with van der Waals surface area (Å²) in [6.45, 7) is 4.80. The molecular weight excluding hydrogens is 286 g/mol. The van der Waals surface area contributed by atoms with Crippen LogP contribution in [-0.4, -0.2) is 18.4 Å². The number of anilines is 2. The Labute approximate surface area is 136 Å². The van der Waals surface area contributed by atoms with Crippen LogP contribution in [0.15, 0.2) is 53.5 Å². The van der Waals surface area contributed by atoms with Gasteiger partial charge in [0, 0.05) is 18.7 Å². The van der Waals surface area contributed by atoms with Gasteiger partial charge in [-0.25, -0.2) is 4.79 Å². The van der Waals surface area contributed by atoms with E-state index in [0.29, 0.717) is 0 Å². The van der Waals surface area contributed by atoms with Crippen LogP contribution < -0.4 is 10.2 Å². The minimum absolute atomic E-state index is 0.162. The molecule has 1 N–H and O–H groups in total. The normalized spacial score (nSPS) is 13.6. The van der Waals surface area contributed by atoms with Gasteiger partial charge in [0.1, 0.15) is 5.84 Å². The summed E-state index contributed by atoms with van der Waals surface area (Å²) in [5.74, 6) is 0.835. The van der Waals surface area contributed by atoms with Gasteiger partial charge in [-0.05, 0) is 49.6 Å². The number of para-hydroxylation sites is 1. The lowest BCUT2D eigenvalue weighted by Gasteiger charge is -2.24. The molecule has 1 heterocycles. The number of amides is 2. The van der Waals surface area contributed by atoms with E-state index in [-0.39, 0.29) is 6.03 Å². The first-order valence-corrected chi connectivity index (χ1v) is 7.92. The van der Waals surface area contributed by atoms with E-state index in [9.17, 15) is 4.79 Å². The Balaban J connectivity index is 1.92. The Bertz CT molecular complexity index is 752. The van der Waals surface area contributed by atoms with Gasteiger partial charge in [0.2, 0.25) is 0 Å². The molecule has 0 radical (unpaired) electrons. The minimum Gasteiger partial charge on any atom is -0.307 e. The molecule has 0 spiro atoms. The monoisotopic (exact) mass is 307 g/mol. The quantitative estimate of drug-likeness (QED) is 0.870. The van der Waals surface area contributed by atoms with Crippen molar-refractivity contribution < 1.29 is 4.79 Å². The molecule has 1 aliphatic rings. The van der Waals surface area contributed by atoms with Crippen LogP contribution in [0, 0.1) is 13.8 Å².